The summed E-state index contributed by atoms with van der Waals surface area (Å²) in [5, 5.41) is 10.7. The van der Waals surface area contributed by atoms with Gasteiger partial charge in [0.2, 0.25) is 0 Å². The van der Waals surface area contributed by atoms with E-state index in [9.17, 15) is 5.11 Å². The molecule has 2 nitrogen and oxygen atoms in total. The molecule has 82 valence electrons. The van der Waals surface area contributed by atoms with Gasteiger partial charge in [-0.3, -0.25) is 7.05 Å². The molecule has 0 aliphatic carbocycles. The summed E-state index contributed by atoms with van der Waals surface area (Å²) in [5.74, 6) is 0.228. The van der Waals surface area contributed by atoms with E-state index in [1.807, 2.05) is 35.2 Å². The van der Waals surface area contributed by atoms with Crippen LogP contribution >= 0.6 is 0 Å². The Labute approximate surface area is 91.5 Å². The molecule has 0 radical (unpaired) electrons. The molecule has 1 aliphatic rings. The molecule has 1 aromatic carbocycles. The maximum atomic E-state index is 10.7. The molecule has 2 rings (SSSR count). The summed E-state index contributed by atoms with van der Waals surface area (Å²) in [7, 11) is 3.93. The van der Waals surface area contributed by atoms with Crippen LogP contribution in [0.25, 0.3) is 0 Å². The molecule has 1 N–H and O–H groups in total. The van der Waals surface area contributed by atoms with Crippen molar-refractivity contribution in [1.29, 1.82) is 0 Å². The van der Waals surface area contributed by atoms with Gasteiger partial charge in [0.25, 0.3) is 0 Å². The Balaban J connectivity index is 2.27. The van der Waals surface area contributed by atoms with Crippen molar-refractivity contribution >= 4 is 0 Å². The minimum absolute atomic E-state index is 0.228. The van der Waals surface area contributed by atoms with Crippen molar-refractivity contribution in [3.63, 3.8) is 0 Å². The molecule has 15 heavy (non-hydrogen) atoms. The van der Waals surface area contributed by atoms with Gasteiger partial charge < -0.3 is 10.0 Å². The minimum atomic E-state index is -0.671. The monoisotopic (exact) mass is 204 g/mol. The molecule has 0 saturated carbocycles. The number of hydrogen-bond acceptors (Lipinski definition) is 2. The molecule has 1 saturated heterocycles. The van der Waals surface area contributed by atoms with Crippen molar-refractivity contribution in [2.45, 2.75) is 18.9 Å². The van der Waals surface area contributed by atoms with Gasteiger partial charge in [-0.1, -0.05) is 37.3 Å². The van der Waals surface area contributed by atoms with Crippen LogP contribution in [0.1, 0.15) is 18.9 Å². The lowest BCUT2D eigenvalue weighted by Crippen LogP contribution is -2.46. The van der Waals surface area contributed by atoms with Crippen LogP contribution in [0.5, 0.6) is 0 Å². The summed E-state index contributed by atoms with van der Waals surface area (Å²) < 4.78 is 0. The molecule has 1 aliphatic heterocycles. The number of hydrogen-bond donors (Lipinski definition) is 1. The average Bonchev–Trinajstić information content (AvgIpc) is 2.25. The van der Waals surface area contributed by atoms with Crippen molar-refractivity contribution in [3.05, 3.63) is 42.9 Å². The molecule has 0 spiro atoms. The van der Waals surface area contributed by atoms with E-state index >= 15 is 0 Å². The third-order valence-corrected chi connectivity index (χ3v) is 3.43. The van der Waals surface area contributed by atoms with E-state index in [2.05, 4.69) is 14.0 Å². The first-order valence-corrected chi connectivity index (χ1v) is 5.46. The van der Waals surface area contributed by atoms with Crippen LogP contribution in [-0.4, -0.2) is 23.1 Å². The first kappa shape index (κ1) is 10.7. The summed E-state index contributed by atoms with van der Waals surface area (Å²) in [6.07, 6.45) is 0.766. The van der Waals surface area contributed by atoms with Gasteiger partial charge in [-0.05, 0) is 31.0 Å². The van der Waals surface area contributed by atoms with Gasteiger partial charge >= 0.3 is 0 Å². The van der Waals surface area contributed by atoms with E-state index in [1.165, 1.54) is 0 Å². The molecule has 1 fully saturated rings. The second kappa shape index (κ2) is 3.95. The smallest absolute Gasteiger partial charge is 0.0944 e. The fraction of sp³-hybridized carbons (Fsp3) is 0.462. The van der Waals surface area contributed by atoms with Gasteiger partial charge in [0, 0.05) is 0 Å². The fourth-order valence-corrected chi connectivity index (χ4v) is 2.36. The second-order valence-corrected chi connectivity index (χ2v) is 4.52. The van der Waals surface area contributed by atoms with Gasteiger partial charge in [-0.2, -0.15) is 0 Å². The zero-order chi connectivity index (χ0) is 10.9. The Bertz CT molecular complexity index is 325. The number of rotatable bonds is 1. The maximum Gasteiger partial charge on any atom is 0.0944 e. The molecule has 0 aromatic heterocycles. The maximum absolute atomic E-state index is 10.7. The van der Waals surface area contributed by atoms with Crippen LogP contribution in [-0.2, 0) is 5.60 Å². The quantitative estimate of drug-likeness (QED) is 0.707. The highest BCUT2D eigenvalue weighted by molar-refractivity contribution is 5.24. The Morgan fingerprint density at radius 1 is 1.40 bits per heavy atom. The lowest BCUT2D eigenvalue weighted by Gasteiger charge is -2.45. The Kier molecular flexibility index (Phi) is 2.81. The largest absolute Gasteiger partial charge is 0.459 e. The van der Waals surface area contributed by atoms with Gasteiger partial charge in [-0.15, -0.1) is 0 Å². The zero-order valence-corrected chi connectivity index (χ0v) is 9.19. The molecule has 2 heteroatoms. The molecule has 1 aromatic rings. The van der Waals surface area contributed by atoms with Gasteiger partial charge in [-0.25, -0.2) is 0 Å². The van der Waals surface area contributed by atoms with Crippen LogP contribution in [0.2, 0.25) is 0 Å². The predicted octanol–water partition coefficient (Wildman–Crippen LogP) is 2.01. The highest BCUT2D eigenvalue weighted by Gasteiger charge is 2.37. The van der Waals surface area contributed by atoms with E-state index in [-0.39, 0.29) is 5.92 Å². The topological polar surface area (TPSA) is 23.5 Å². The Morgan fingerprint density at radius 3 is 2.67 bits per heavy atom. The van der Waals surface area contributed by atoms with E-state index < -0.39 is 5.60 Å². The summed E-state index contributed by atoms with van der Waals surface area (Å²) >= 11 is 0. The minimum Gasteiger partial charge on any atom is -0.459 e. The number of piperidine rings is 1. The molecular weight excluding hydrogens is 186 g/mol. The first-order valence-electron chi connectivity index (χ1n) is 5.46. The van der Waals surface area contributed by atoms with Gasteiger partial charge in [0.05, 0.1) is 5.60 Å². The normalized spacial score (nSPS) is 32.9. The Hall–Kier alpha value is -0.860. The van der Waals surface area contributed by atoms with Crippen LogP contribution in [0.3, 0.4) is 0 Å². The third-order valence-electron chi connectivity index (χ3n) is 3.43. The summed E-state index contributed by atoms with van der Waals surface area (Å²) in [4.78, 5) is 2.03. The van der Waals surface area contributed by atoms with Crippen molar-refractivity contribution in [2.24, 2.45) is 5.92 Å². The zero-order valence-electron chi connectivity index (χ0n) is 9.19. The van der Waals surface area contributed by atoms with Crippen LogP contribution in [0.4, 0.5) is 0 Å². The van der Waals surface area contributed by atoms with Crippen LogP contribution < -0.4 is 0 Å². The lowest BCUT2D eigenvalue weighted by atomic mass is 9.77. The first-order chi connectivity index (χ1) is 7.13. The molecule has 1 heterocycles. The van der Waals surface area contributed by atoms with Crippen molar-refractivity contribution < 1.29 is 5.11 Å². The molecular formula is C13H18NO-. The van der Waals surface area contributed by atoms with E-state index in [4.69, 9.17) is 0 Å². The van der Waals surface area contributed by atoms with Crippen LogP contribution in [0, 0.1) is 13.0 Å². The van der Waals surface area contributed by atoms with Crippen LogP contribution in [0.15, 0.2) is 30.3 Å². The number of benzene rings is 1. The van der Waals surface area contributed by atoms with Crippen molar-refractivity contribution in [3.8, 4) is 0 Å². The molecule has 0 unspecified atom stereocenters. The lowest BCUT2D eigenvalue weighted by molar-refractivity contribution is -0.0625. The summed E-state index contributed by atoms with van der Waals surface area (Å²) in [5.41, 5.74) is 0.362. The molecule has 0 amide bonds. The van der Waals surface area contributed by atoms with E-state index in [1.54, 1.807) is 0 Å². The SMILES string of the molecule is [CH2-]N1CC[C@](O)(c2ccccc2)[C@@H](C)C1. The standard InChI is InChI=1S/C13H18NO/c1-11-10-14(2)9-8-13(11,15)12-6-4-3-5-7-12/h3-7,11,15H,2,8-10H2,1H3/q-1/t11-,13+/m0/s1. The van der Waals surface area contributed by atoms with Crippen molar-refractivity contribution in [2.75, 3.05) is 13.1 Å². The van der Waals surface area contributed by atoms with Crippen molar-refractivity contribution in [1.82, 2.24) is 4.90 Å². The second-order valence-electron chi connectivity index (χ2n) is 4.52. The number of likely N-dealkylation sites (tertiary alicyclic amines) is 1. The van der Waals surface area contributed by atoms with E-state index in [0.717, 1.165) is 25.1 Å². The number of nitrogens with zero attached hydrogens (tertiary/aromatic N) is 1. The molecule has 2 atom stereocenters. The average molecular weight is 204 g/mol. The Morgan fingerprint density at radius 2 is 2.07 bits per heavy atom. The highest BCUT2D eigenvalue weighted by Crippen LogP contribution is 2.36. The molecule has 0 bridgehead atoms. The predicted molar refractivity (Wildman–Crippen MR) is 61.0 cm³/mol. The number of aliphatic hydroxyl groups is 1. The third kappa shape index (κ3) is 1.92. The van der Waals surface area contributed by atoms with Gasteiger partial charge in [0.15, 0.2) is 0 Å². The summed E-state index contributed by atoms with van der Waals surface area (Å²) in [6, 6.07) is 9.96. The fourth-order valence-electron chi connectivity index (χ4n) is 2.36. The highest BCUT2D eigenvalue weighted by atomic mass is 16.3. The van der Waals surface area contributed by atoms with Gasteiger partial charge in [0.1, 0.15) is 0 Å². The van der Waals surface area contributed by atoms with E-state index in [0.29, 0.717) is 0 Å². The summed E-state index contributed by atoms with van der Waals surface area (Å²) in [6.45, 7) is 3.80.